The van der Waals surface area contributed by atoms with E-state index in [1.807, 2.05) is 6.08 Å². The van der Waals surface area contributed by atoms with Gasteiger partial charge in [0.05, 0.1) is 0 Å². The standard InChI is InChI=1S/C36H54N2O2/c1-33(2,3)24-16-22(31(39)27(19-24)35(7,8)9)15-21-13-14-29(37)30(38)26(21)18-23-17-25(34(4,5)6)20-28(32(23)40)36(10,11)12/h15-20,29-30,39-40H,13-14,37-38H2,1-12H3/b21-15-,26-18-. The number of benzene rings is 2. The van der Waals surface area contributed by atoms with Crippen molar-refractivity contribution in [1.82, 2.24) is 0 Å². The molecule has 0 aromatic heterocycles. The van der Waals surface area contributed by atoms with Crippen molar-refractivity contribution in [1.29, 1.82) is 0 Å². The Bertz CT molecular complexity index is 1320. The summed E-state index contributed by atoms with van der Waals surface area (Å²) in [6.45, 7) is 25.9. The van der Waals surface area contributed by atoms with Crippen molar-refractivity contribution in [3.63, 3.8) is 0 Å². The van der Waals surface area contributed by atoms with Gasteiger partial charge in [0.2, 0.25) is 0 Å². The van der Waals surface area contributed by atoms with Gasteiger partial charge in [-0.2, -0.15) is 0 Å². The van der Waals surface area contributed by atoms with Gasteiger partial charge >= 0.3 is 0 Å². The van der Waals surface area contributed by atoms with E-state index in [-0.39, 0.29) is 39.5 Å². The van der Waals surface area contributed by atoms with Crippen molar-refractivity contribution in [3.8, 4) is 11.5 Å². The molecule has 1 aliphatic carbocycles. The topological polar surface area (TPSA) is 92.5 Å². The highest BCUT2D eigenvalue weighted by molar-refractivity contribution is 5.74. The van der Waals surface area contributed by atoms with E-state index in [0.717, 1.165) is 51.8 Å². The number of nitrogens with two attached hydrogens (primary N) is 2. The first-order valence-electron chi connectivity index (χ1n) is 14.7. The molecule has 6 N–H and O–H groups in total. The molecule has 0 radical (unpaired) electrons. The Morgan fingerprint density at radius 1 is 0.625 bits per heavy atom. The summed E-state index contributed by atoms with van der Waals surface area (Å²) in [5.74, 6) is 0.592. The van der Waals surface area contributed by atoms with E-state index >= 15 is 0 Å². The second kappa shape index (κ2) is 10.7. The van der Waals surface area contributed by atoms with Crippen molar-refractivity contribution < 1.29 is 10.2 Å². The Morgan fingerprint density at radius 3 is 1.40 bits per heavy atom. The molecule has 220 valence electrons. The van der Waals surface area contributed by atoms with Crippen LogP contribution < -0.4 is 11.5 Å². The van der Waals surface area contributed by atoms with E-state index < -0.39 is 0 Å². The molecule has 2 aromatic carbocycles. The maximum Gasteiger partial charge on any atom is 0.126 e. The highest BCUT2D eigenvalue weighted by Crippen LogP contribution is 2.42. The van der Waals surface area contributed by atoms with Gasteiger partial charge in [-0.05, 0) is 81.1 Å². The molecule has 1 aliphatic rings. The van der Waals surface area contributed by atoms with E-state index in [4.69, 9.17) is 11.5 Å². The van der Waals surface area contributed by atoms with Gasteiger partial charge in [0.25, 0.3) is 0 Å². The van der Waals surface area contributed by atoms with Gasteiger partial charge in [-0.15, -0.1) is 0 Å². The smallest absolute Gasteiger partial charge is 0.126 e. The molecule has 2 unspecified atom stereocenters. The average Bonchev–Trinajstić information content (AvgIpc) is 2.77. The largest absolute Gasteiger partial charge is 0.507 e. The maximum absolute atomic E-state index is 11.5. The van der Waals surface area contributed by atoms with E-state index in [1.165, 1.54) is 5.56 Å². The van der Waals surface area contributed by atoms with Crippen LogP contribution in [0.5, 0.6) is 11.5 Å². The number of phenols is 2. The minimum atomic E-state index is -0.384. The number of phenolic OH excluding ortho intramolecular Hbond substituents is 2. The molecule has 0 bridgehead atoms. The van der Waals surface area contributed by atoms with Crippen LogP contribution in [0, 0.1) is 0 Å². The molecule has 3 rings (SSSR count). The zero-order valence-corrected chi connectivity index (χ0v) is 27.1. The second-order valence-electron chi connectivity index (χ2n) is 15.9. The lowest BCUT2D eigenvalue weighted by atomic mass is 9.76. The summed E-state index contributed by atoms with van der Waals surface area (Å²) in [5.41, 5.74) is 20.4. The fraction of sp³-hybridized carbons (Fsp3) is 0.556. The molecular weight excluding hydrogens is 492 g/mol. The normalized spacial score (nSPS) is 21.4. The molecule has 0 amide bonds. The third kappa shape index (κ3) is 6.83. The Morgan fingerprint density at radius 2 is 1.02 bits per heavy atom. The molecule has 2 atom stereocenters. The summed E-state index contributed by atoms with van der Waals surface area (Å²) >= 11 is 0. The second-order valence-corrected chi connectivity index (χ2v) is 15.9. The molecule has 0 saturated heterocycles. The molecular formula is C36H54N2O2. The highest BCUT2D eigenvalue weighted by atomic mass is 16.3. The zero-order chi connectivity index (χ0) is 30.6. The van der Waals surface area contributed by atoms with Crippen molar-refractivity contribution >= 4 is 12.2 Å². The SMILES string of the molecule is CC(C)(C)c1cc(/C=C2/CCC(N)C(N)/C2=C\c2cc(C(C)(C)C)cc(C(C)(C)C)c2O)c(O)c(C(C)(C)C)c1. The van der Waals surface area contributed by atoms with Crippen LogP contribution in [-0.4, -0.2) is 22.3 Å². The molecule has 40 heavy (non-hydrogen) atoms. The van der Waals surface area contributed by atoms with Crippen LogP contribution in [0.2, 0.25) is 0 Å². The van der Waals surface area contributed by atoms with Crippen molar-refractivity contribution in [3.05, 3.63) is 68.8 Å². The summed E-state index contributed by atoms with van der Waals surface area (Å²) in [7, 11) is 0. The van der Waals surface area contributed by atoms with E-state index in [9.17, 15) is 10.2 Å². The molecule has 1 fully saturated rings. The van der Waals surface area contributed by atoms with Gasteiger partial charge in [-0.1, -0.05) is 95.2 Å². The third-order valence-electron chi connectivity index (χ3n) is 8.21. The van der Waals surface area contributed by atoms with Crippen LogP contribution in [-0.2, 0) is 21.7 Å². The lowest BCUT2D eigenvalue weighted by molar-refractivity contribution is 0.442. The number of aromatic hydroxyl groups is 2. The molecule has 2 aromatic rings. The van der Waals surface area contributed by atoms with Crippen LogP contribution in [0.3, 0.4) is 0 Å². The zero-order valence-electron chi connectivity index (χ0n) is 27.1. The fourth-order valence-electron chi connectivity index (χ4n) is 5.33. The lowest BCUT2D eigenvalue weighted by Gasteiger charge is -2.32. The fourth-order valence-corrected chi connectivity index (χ4v) is 5.33. The summed E-state index contributed by atoms with van der Waals surface area (Å²) in [6.07, 6.45) is 5.63. The molecule has 0 aliphatic heterocycles. The van der Waals surface area contributed by atoms with E-state index in [2.05, 4.69) is 113 Å². The number of hydrogen-bond acceptors (Lipinski definition) is 4. The van der Waals surface area contributed by atoms with Crippen LogP contribution in [0.15, 0.2) is 35.4 Å². The van der Waals surface area contributed by atoms with Crippen LogP contribution >= 0.6 is 0 Å². The monoisotopic (exact) mass is 546 g/mol. The van der Waals surface area contributed by atoms with Crippen molar-refractivity contribution in [2.24, 2.45) is 11.5 Å². The van der Waals surface area contributed by atoms with Crippen LogP contribution in [0.25, 0.3) is 12.2 Å². The van der Waals surface area contributed by atoms with Gasteiger partial charge < -0.3 is 21.7 Å². The van der Waals surface area contributed by atoms with Gasteiger partial charge in [-0.3, -0.25) is 0 Å². The summed E-state index contributed by atoms with van der Waals surface area (Å²) in [5, 5.41) is 23.0. The molecule has 1 saturated carbocycles. The highest BCUT2D eigenvalue weighted by Gasteiger charge is 2.30. The van der Waals surface area contributed by atoms with Crippen molar-refractivity contribution in [2.75, 3.05) is 0 Å². The predicted octanol–water partition coefficient (Wildman–Crippen LogP) is 8.20. The predicted molar refractivity (Wildman–Crippen MR) is 172 cm³/mol. The minimum Gasteiger partial charge on any atom is -0.507 e. The van der Waals surface area contributed by atoms with E-state index in [0.29, 0.717) is 5.75 Å². The van der Waals surface area contributed by atoms with Crippen molar-refractivity contribution in [2.45, 2.75) is 130 Å². The number of hydrogen-bond donors (Lipinski definition) is 4. The average molecular weight is 547 g/mol. The quantitative estimate of drug-likeness (QED) is 0.305. The molecule has 4 heteroatoms. The Kier molecular flexibility index (Phi) is 8.54. The van der Waals surface area contributed by atoms with Gasteiger partial charge in [0.15, 0.2) is 0 Å². The first-order chi connectivity index (χ1) is 18.0. The van der Waals surface area contributed by atoms with E-state index in [1.54, 1.807) is 0 Å². The van der Waals surface area contributed by atoms with Gasteiger partial charge in [0.1, 0.15) is 11.5 Å². The van der Waals surface area contributed by atoms with Gasteiger partial charge in [0, 0.05) is 34.3 Å². The minimum absolute atomic E-state index is 0.0759. The lowest BCUT2D eigenvalue weighted by Crippen LogP contribution is -2.45. The first-order valence-corrected chi connectivity index (χ1v) is 14.7. The molecule has 0 spiro atoms. The Balaban J connectivity index is 2.33. The van der Waals surface area contributed by atoms with Gasteiger partial charge in [-0.25, -0.2) is 0 Å². The summed E-state index contributed by atoms with van der Waals surface area (Å²) in [4.78, 5) is 0. The Labute approximate surface area is 243 Å². The summed E-state index contributed by atoms with van der Waals surface area (Å²) < 4.78 is 0. The Hall–Kier alpha value is -2.56. The molecule has 4 nitrogen and oxygen atoms in total. The third-order valence-corrected chi connectivity index (χ3v) is 8.21. The molecule has 0 heterocycles. The first kappa shape index (κ1) is 32.0. The van der Waals surface area contributed by atoms with Crippen LogP contribution in [0.4, 0.5) is 0 Å². The van der Waals surface area contributed by atoms with Crippen LogP contribution in [0.1, 0.15) is 129 Å². The maximum atomic E-state index is 11.5. The summed E-state index contributed by atoms with van der Waals surface area (Å²) in [6, 6.07) is 7.89. The number of rotatable bonds is 2.